The predicted molar refractivity (Wildman–Crippen MR) is 101 cm³/mol. The lowest BCUT2D eigenvalue weighted by atomic mass is 10.2. The molecule has 0 unspecified atom stereocenters. The van der Waals surface area contributed by atoms with Gasteiger partial charge < -0.3 is 20.1 Å². The van der Waals surface area contributed by atoms with Gasteiger partial charge in [-0.05, 0) is 25.7 Å². The molecule has 0 saturated carbocycles. The number of aliphatic imine (C=N–C) groups is 1. The van der Waals surface area contributed by atoms with Crippen molar-refractivity contribution in [3.63, 3.8) is 0 Å². The van der Waals surface area contributed by atoms with Crippen LogP contribution in [0, 0.1) is 5.92 Å². The molecule has 0 heterocycles. The molecule has 0 rings (SSSR count). The minimum absolute atomic E-state index is 0. The zero-order chi connectivity index (χ0) is 15.9. The predicted octanol–water partition coefficient (Wildman–Crippen LogP) is 2.18. The topological polar surface area (TPSA) is 72.0 Å². The van der Waals surface area contributed by atoms with Crippen LogP contribution in [0.25, 0.3) is 0 Å². The van der Waals surface area contributed by atoms with Crippen LogP contribution in [0.4, 0.5) is 0 Å². The van der Waals surface area contributed by atoms with E-state index in [1.54, 1.807) is 7.05 Å². The third kappa shape index (κ3) is 15.8. The summed E-state index contributed by atoms with van der Waals surface area (Å²) in [6.45, 7) is 9.60. The lowest BCUT2D eigenvalue weighted by Crippen LogP contribution is -2.38. The van der Waals surface area contributed by atoms with Gasteiger partial charge in [0.25, 0.3) is 0 Å². The molecule has 0 aromatic carbocycles. The molecule has 132 valence electrons. The Morgan fingerprint density at radius 3 is 2.36 bits per heavy atom. The third-order valence-electron chi connectivity index (χ3n) is 2.59. The van der Waals surface area contributed by atoms with E-state index < -0.39 is 0 Å². The first-order valence-electron chi connectivity index (χ1n) is 7.78. The quantitative estimate of drug-likeness (QED) is 0.173. The van der Waals surface area contributed by atoms with Crippen LogP contribution in [0.3, 0.4) is 0 Å². The van der Waals surface area contributed by atoms with Gasteiger partial charge in [0.2, 0.25) is 0 Å². The van der Waals surface area contributed by atoms with E-state index in [1.807, 2.05) is 6.92 Å². The number of guanidine groups is 1. The maximum absolute atomic E-state index is 11.2. The molecule has 2 N–H and O–H groups in total. The Morgan fingerprint density at radius 2 is 1.82 bits per heavy atom. The van der Waals surface area contributed by atoms with Gasteiger partial charge in [0.1, 0.15) is 0 Å². The van der Waals surface area contributed by atoms with E-state index in [2.05, 4.69) is 29.5 Å². The molecule has 6 nitrogen and oxygen atoms in total. The van der Waals surface area contributed by atoms with Gasteiger partial charge in [0.05, 0.1) is 6.61 Å². The molecule has 0 radical (unpaired) electrons. The maximum atomic E-state index is 11.2. The molecule has 0 amide bonds. The average molecular weight is 429 g/mol. The molecule has 0 aromatic heterocycles. The Bertz CT molecular complexity index is 300. The molecule has 0 saturated heterocycles. The van der Waals surface area contributed by atoms with Crippen molar-refractivity contribution < 1.29 is 14.3 Å². The zero-order valence-corrected chi connectivity index (χ0v) is 16.6. The fourth-order valence-corrected chi connectivity index (χ4v) is 1.59. The fourth-order valence-electron chi connectivity index (χ4n) is 1.59. The van der Waals surface area contributed by atoms with Crippen molar-refractivity contribution in [2.45, 2.75) is 40.0 Å². The number of halogens is 1. The number of rotatable bonds is 11. The van der Waals surface area contributed by atoms with Crippen molar-refractivity contribution in [3.8, 4) is 0 Å². The molecule has 0 aliphatic carbocycles. The minimum Gasteiger partial charge on any atom is -0.466 e. The van der Waals surface area contributed by atoms with Crippen LogP contribution in [-0.2, 0) is 14.3 Å². The third-order valence-corrected chi connectivity index (χ3v) is 2.59. The van der Waals surface area contributed by atoms with E-state index in [1.165, 1.54) is 0 Å². The van der Waals surface area contributed by atoms with Gasteiger partial charge in [-0.15, -0.1) is 24.0 Å². The van der Waals surface area contributed by atoms with Crippen LogP contribution >= 0.6 is 24.0 Å². The second-order valence-electron chi connectivity index (χ2n) is 5.16. The van der Waals surface area contributed by atoms with Crippen molar-refractivity contribution in [3.05, 3.63) is 0 Å². The Balaban J connectivity index is 0. The largest absolute Gasteiger partial charge is 0.466 e. The van der Waals surface area contributed by atoms with Crippen LogP contribution in [0.15, 0.2) is 4.99 Å². The normalized spacial score (nSPS) is 11.0. The Morgan fingerprint density at radius 1 is 1.18 bits per heavy atom. The van der Waals surface area contributed by atoms with E-state index in [0.29, 0.717) is 25.5 Å². The summed E-state index contributed by atoms with van der Waals surface area (Å²) in [7, 11) is 1.73. The van der Waals surface area contributed by atoms with Gasteiger partial charge in [-0.25, -0.2) is 0 Å². The van der Waals surface area contributed by atoms with Crippen molar-refractivity contribution >= 4 is 35.9 Å². The number of hydrogen-bond acceptors (Lipinski definition) is 4. The molecule has 0 atom stereocenters. The van der Waals surface area contributed by atoms with E-state index >= 15 is 0 Å². The molecule has 22 heavy (non-hydrogen) atoms. The minimum atomic E-state index is -0.149. The van der Waals surface area contributed by atoms with Crippen LogP contribution in [0.1, 0.15) is 40.0 Å². The highest BCUT2D eigenvalue weighted by atomic mass is 127. The van der Waals surface area contributed by atoms with Gasteiger partial charge >= 0.3 is 5.97 Å². The molecular formula is C15H32IN3O3. The molecular weight excluding hydrogens is 397 g/mol. The number of esters is 1. The Hall–Kier alpha value is -0.570. The van der Waals surface area contributed by atoms with E-state index in [-0.39, 0.29) is 29.9 Å². The van der Waals surface area contributed by atoms with Crippen molar-refractivity contribution in [2.24, 2.45) is 10.9 Å². The first-order chi connectivity index (χ1) is 10.1. The number of hydrogen-bond donors (Lipinski definition) is 2. The molecule has 0 spiro atoms. The summed E-state index contributed by atoms with van der Waals surface area (Å²) in [5.74, 6) is 1.18. The number of carbonyl (C=O) groups excluding carboxylic acids is 1. The van der Waals surface area contributed by atoms with E-state index in [0.717, 1.165) is 38.6 Å². The zero-order valence-electron chi connectivity index (χ0n) is 14.3. The lowest BCUT2D eigenvalue weighted by molar-refractivity contribution is -0.143. The Labute approximate surface area is 151 Å². The smallest absolute Gasteiger partial charge is 0.305 e. The summed E-state index contributed by atoms with van der Waals surface area (Å²) in [6.07, 6.45) is 2.11. The average Bonchev–Trinajstić information content (AvgIpc) is 2.44. The monoisotopic (exact) mass is 429 g/mol. The van der Waals surface area contributed by atoms with E-state index in [4.69, 9.17) is 9.47 Å². The SMILES string of the molecule is CCOC(=O)CCCNC(=NC)NCCCOCC(C)C.I. The van der Waals surface area contributed by atoms with Crippen LogP contribution in [0.2, 0.25) is 0 Å². The number of nitrogens with one attached hydrogen (secondary N) is 2. The van der Waals surface area contributed by atoms with Gasteiger partial charge in [0, 0.05) is 39.8 Å². The number of nitrogens with zero attached hydrogens (tertiary/aromatic N) is 1. The fraction of sp³-hybridized carbons (Fsp3) is 0.867. The van der Waals surface area contributed by atoms with Crippen LogP contribution < -0.4 is 10.6 Å². The first kappa shape index (κ1) is 23.7. The highest BCUT2D eigenvalue weighted by molar-refractivity contribution is 14.0. The van der Waals surface area contributed by atoms with Gasteiger partial charge in [0.15, 0.2) is 5.96 Å². The number of ether oxygens (including phenoxy) is 2. The second-order valence-corrected chi connectivity index (χ2v) is 5.16. The lowest BCUT2D eigenvalue weighted by Gasteiger charge is -2.12. The van der Waals surface area contributed by atoms with Gasteiger partial charge in [-0.2, -0.15) is 0 Å². The first-order valence-corrected chi connectivity index (χ1v) is 7.78. The van der Waals surface area contributed by atoms with Crippen molar-refractivity contribution in [1.82, 2.24) is 10.6 Å². The van der Waals surface area contributed by atoms with Crippen molar-refractivity contribution in [2.75, 3.05) is 40.0 Å². The molecule has 0 bridgehead atoms. The summed E-state index contributed by atoms with van der Waals surface area (Å²) in [4.78, 5) is 15.3. The highest BCUT2D eigenvalue weighted by Gasteiger charge is 2.02. The summed E-state index contributed by atoms with van der Waals surface area (Å²) in [6, 6.07) is 0. The summed E-state index contributed by atoms with van der Waals surface area (Å²) in [5.41, 5.74) is 0. The van der Waals surface area contributed by atoms with Crippen LogP contribution in [-0.4, -0.2) is 51.9 Å². The maximum Gasteiger partial charge on any atom is 0.305 e. The summed E-state index contributed by atoms with van der Waals surface area (Å²) in [5, 5.41) is 6.38. The van der Waals surface area contributed by atoms with Gasteiger partial charge in [-0.1, -0.05) is 13.8 Å². The van der Waals surface area contributed by atoms with Crippen molar-refractivity contribution in [1.29, 1.82) is 0 Å². The highest BCUT2D eigenvalue weighted by Crippen LogP contribution is 1.93. The molecule has 0 fully saturated rings. The van der Waals surface area contributed by atoms with E-state index in [9.17, 15) is 4.79 Å². The number of carbonyl (C=O) groups is 1. The molecule has 0 aliphatic heterocycles. The standard InChI is InChI=1S/C15H31N3O3.HI/c1-5-21-14(19)8-6-9-17-15(16-4)18-10-7-11-20-12-13(2)3;/h13H,5-12H2,1-4H3,(H2,16,17,18);1H. The second kappa shape index (κ2) is 16.8. The molecule has 0 aliphatic rings. The Kier molecular flexibility index (Phi) is 18.1. The van der Waals surface area contributed by atoms with Crippen LogP contribution in [0.5, 0.6) is 0 Å². The summed E-state index contributed by atoms with van der Waals surface area (Å²) >= 11 is 0. The molecule has 0 aromatic rings. The summed E-state index contributed by atoms with van der Waals surface area (Å²) < 4.78 is 10.4. The van der Waals surface area contributed by atoms with Gasteiger partial charge in [-0.3, -0.25) is 9.79 Å². The molecule has 7 heteroatoms.